The maximum atomic E-state index is 13.0. The molecule has 35 heavy (non-hydrogen) atoms. The molecule has 0 aliphatic heterocycles. The van der Waals surface area contributed by atoms with Crippen molar-refractivity contribution in [2.75, 3.05) is 17.7 Å². The lowest BCUT2D eigenvalue weighted by atomic mass is 10.1. The lowest BCUT2D eigenvalue weighted by Gasteiger charge is -2.14. The van der Waals surface area contributed by atoms with E-state index >= 15 is 0 Å². The fourth-order valence-electron chi connectivity index (χ4n) is 3.40. The van der Waals surface area contributed by atoms with Gasteiger partial charge in [0, 0.05) is 46.5 Å². The number of nitrogens with zero attached hydrogens (tertiary/aromatic N) is 1. The molecule has 0 unspecified atom stereocenters. The van der Waals surface area contributed by atoms with E-state index < -0.39 is 0 Å². The standard InChI is InChI=1S/C28H25N3O4/c1-19-10-11-22(15-24(19)31-27(32)21-8-4-3-5-9-21)28(33)30-23-12-13-25(34-2)26(16-23)35-18-20-7-6-14-29-17-20/h3-17H,18H2,1-2H3,(H,30,33)(H,31,32). The van der Waals surface area contributed by atoms with E-state index in [2.05, 4.69) is 15.6 Å². The molecule has 0 radical (unpaired) electrons. The smallest absolute Gasteiger partial charge is 0.255 e. The van der Waals surface area contributed by atoms with Crippen LogP contribution in [0.4, 0.5) is 11.4 Å². The number of hydrogen-bond donors (Lipinski definition) is 2. The van der Waals surface area contributed by atoms with E-state index in [-0.39, 0.29) is 11.8 Å². The minimum atomic E-state index is -0.316. The first kappa shape index (κ1) is 23.5. The second-order valence-corrected chi connectivity index (χ2v) is 7.82. The van der Waals surface area contributed by atoms with Gasteiger partial charge < -0.3 is 20.1 Å². The number of aryl methyl sites for hydroxylation is 1. The third-order valence-corrected chi connectivity index (χ3v) is 5.32. The van der Waals surface area contributed by atoms with Crippen molar-refractivity contribution in [3.05, 3.63) is 114 Å². The molecule has 1 heterocycles. The summed E-state index contributed by atoms with van der Waals surface area (Å²) in [5, 5.41) is 5.76. The number of anilines is 2. The average molecular weight is 468 g/mol. The van der Waals surface area contributed by atoms with E-state index in [9.17, 15) is 9.59 Å². The summed E-state index contributed by atoms with van der Waals surface area (Å²) in [7, 11) is 1.56. The molecule has 176 valence electrons. The Bertz CT molecular complexity index is 1320. The van der Waals surface area contributed by atoms with Gasteiger partial charge in [-0.1, -0.05) is 30.3 Å². The Morgan fingerprint density at radius 1 is 0.829 bits per heavy atom. The average Bonchev–Trinajstić information content (AvgIpc) is 2.90. The predicted molar refractivity (Wildman–Crippen MR) is 135 cm³/mol. The van der Waals surface area contributed by atoms with Gasteiger partial charge >= 0.3 is 0 Å². The van der Waals surface area contributed by atoms with Crippen LogP contribution in [0, 0.1) is 6.92 Å². The Kier molecular flexibility index (Phi) is 7.37. The van der Waals surface area contributed by atoms with Crippen molar-refractivity contribution >= 4 is 23.2 Å². The number of nitrogens with one attached hydrogen (secondary N) is 2. The zero-order valence-electron chi connectivity index (χ0n) is 19.4. The van der Waals surface area contributed by atoms with Gasteiger partial charge in [0.1, 0.15) is 6.61 Å². The maximum absolute atomic E-state index is 13.0. The van der Waals surface area contributed by atoms with Crippen molar-refractivity contribution in [2.24, 2.45) is 0 Å². The van der Waals surface area contributed by atoms with Gasteiger partial charge in [-0.05, 0) is 55.0 Å². The molecule has 0 fully saturated rings. The summed E-state index contributed by atoms with van der Waals surface area (Å²) < 4.78 is 11.3. The monoisotopic (exact) mass is 467 g/mol. The molecule has 0 saturated carbocycles. The van der Waals surface area contributed by atoms with Crippen LogP contribution >= 0.6 is 0 Å². The van der Waals surface area contributed by atoms with E-state index in [0.717, 1.165) is 11.1 Å². The number of amides is 2. The van der Waals surface area contributed by atoms with Crippen molar-refractivity contribution < 1.29 is 19.1 Å². The highest BCUT2D eigenvalue weighted by Gasteiger charge is 2.13. The van der Waals surface area contributed by atoms with Crippen molar-refractivity contribution in [3.63, 3.8) is 0 Å². The number of carbonyl (C=O) groups excluding carboxylic acids is 2. The number of hydrogen-bond acceptors (Lipinski definition) is 5. The summed E-state index contributed by atoms with van der Waals surface area (Å²) in [5.74, 6) is 0.488. The minimum absolute atomic E-state index is 0.239. The van der Waals surface area contributed by atoms with Crippen LogP contribution in [-0.4, -0.2) is 23.9 Å². The molecule has 7 nitrogen and oxygen atoms in total. The van der Waals surface area contributed by atoms with E-state index in [1.165, 1.54) is 0 Å². The van der Waals surface area contributed by atoms with Gasteiger partial charge in [-0.2, -0.15) is 0 Å². The molecule has 0 aliphatic rings. The van der Waals surface area contributed by atoms with Crippen LogP contribution in [-0.2, 0) is 6.61 Å². The highest BCUT2D eigenvalue weighted by atomic mass is 16.5. The molecule has 2 amide bonds. The summed E-state index contributed by atoms with van der Waals surface area (Å²) in [5.41, 5.74) is 3.83. The van der Waals surface area contributed by atoms with E-state index in [4.69, 9.17) is 9.47 Å². The van der Waals surface area contributed by atoms with E-state index in [1.807, 2.05) is 25.1 Å². The van der Waals surface area contributed by atoms with Crippen LogP contribution in [0.25, 0.3) is 0 Å². The van der Waals surface area contributed by atoms with Gasteiger partial charge in [0.25, 0.3) is 11.8 Å². The SMILES string of the molecule is COc1ccc(NC(=O)c2ccc(C)c(NC(=O)c3ccccc3)c2)cc1OCc1cccnc1. The molecule has 7 heteroatoms. The summed E-state index contributed by atoms with van der Waals surface area (Å²) in [6, 6.07) is 23.0. The molecule has 3 aromatic carbocycles. The fraction of sp³-hybridized carbons (Fsp3) is 0.107. The number of ether oxygens (including phenoxy) is 2. The van der Waals surface area contributed by atoms with Gasteiger partial charge in [0.05, 0.1) is 7.11 Å². The van der Waals surface area contributed by atoms with Crippen LogP contribution in [0.3, 0.4) is 0 Å². The van der Waals surface area contributed by atoms with E-state index in [0.29, 0.717) is 40.6 Å². The zero-order valence-corrected chi connectivity index (χ0v) is 19.4. The molecular weight excluding hydrogens is 442 g/mol. The Morgan fingerprint density at radius 3 is 2.37 bits per heavy atom. The van der Waals surface area contributed by atoms with Crippen molar-refractivity contribution in [1.82, 2.24) is 4.98 Å². The van der Waals surface area contributed by atoms with Crippen molar-refractivity contribution in [3.8, 4) is 11.5 Å². The Labute approximate surface area is 203 Å². The van der Waals surface area contributed by atoms with Crippen molar-refractivity contribution in [1.29, 1.82) is 0 Å². The molecule has 4 aromatic rings. The Hall–Kier alpha value is -4.65. The van der Waals surface area contributed by atoms with Crippen LogP contribution in [0.15, 0.2) is 91.3 Å². The lowest BCUT2D eigenvalue weighted by molar-refractivity contribution is 0.101. The summed E-state index contributed by atoms with van der Waals surface area (Å²) in [6.45, 7) is 2.18. The first-order chi connectivity index (χ1) is 17.0. The summed E-state index contributed by atoms with van der Waals surface area (Å²) in [4.78, 5) is 29.6. The molecule has 0 atom stereocenters. The van der Waals surface area contributed by atoms with Gasteiger partial charge in [-0.3, -0.25) is 14.6 Å². The Morgan fingerprint density at radius 2 is 1.63 bits per heavy atom. The number of rotatable bonds is 8. The summed E-state index contributed by atoms with van der Waals surface area (Å²) >= 11 is 0. The van der Waals surface area contributed by atoms with Gasteiger partial charge in [-0.15, -0.1) is 0 Å². The predicted octanol–water partition coefficient (Wildman–Crippen LogP) is 5.48. The van der Waals surface area contributed by atoms with Crippen LogP contribution in [0.2, 0.25) is 0 Å². The lowest BCUT2D eigenvalue weighted by Crippen LogP contribution is -2.15. The molecule has 0 saturated heterocycles. The second-order valence-electron chi connectivity index (χ2n) is 7.82. The van der Waals surface area contributed by atoms with Crippen LogP contribution in [0.5, 0.6) is 11.5 Å². The fourth-order valence-corrected chi connectivity index (χ4v) is 3.40. The second kappa shape index (κ2) is 11.0. The van der Waals surface area contributed by atoms with Crippen molar-refractivity contribution in [2.45, 2.75) is 13.5 Å². The molecule has 0 aliphatic carbocycles. The first-order valence-corrected chi connectivity index (χ1v) is 11.0. The molecule has 1 aromatic heterocycles. The van der Waals surface area contributed by atoms with Gasteiger partial charge in [-0.25, -0.2) is 0 Å². The number of benzene rings is 3. The number of pyridine rings is 1. The molecule has 4 rings (SSSR count). The van der Waals surface area contributed by atoms with E-state index in [1.54, 1.807) is 80.2 Å². The number of methoxy groups -OCH3 is 1. The summed E-state index contributed by atoms with van der Waals surface area (Å²) in [6.07, 6.45) is 3.42. The normalized spacial score (nSPS) is 10.3. The maximum Gasteiger partial charge on any atom is 0.255 e. The Balaban J connectivity index is 1.48. The van der Waals surface area contributed by atoms with Gasteiger partial charge in [0.2, 0.25) is 0 Å². The number of carbonyl (C=O) groups is 2. The quantitative estimate of drug-likeness (QED) is 0.358. The first-order valence-electron chi connectivity index (χ1n) is 11.0. The largest absolute Gasteiger partial charge is 0.493 e. The van der Waals surface area contributed by atoms with Crippen LogP contribution < -0.4 is 20.1 Å². The molecule has 0 spiro atoms. The highest BCUT2D eigenvalue weighted by molar-refractivity contribution is 6.07. The van der Waals surface area contributed by atoms with Gasteiger partial charge in [0.15, 0.2) is 11.5 Å². The molecular formula is C28H25N3O4. The molecule has 2 N–H and O–H groups in total. The topological polar surface area (TPSA) is 89.6 Å². The highest BCUT2D eigenvalue weighted by Crippen LogP contribution is 2.31. The minimum Gasteiger partial charge on any atom is -0.493 e. The number of aromatic nitrogens is 1. The third-order valence-electron chi connectivity index (χ3n) is 5.32. The molecule has 0 bridgehead atoms. The zero-order chi connectivity index (χ0) is 24.6. The van der Waals surface area contributed by atoms with Crippen LogP contribution in [0.1, 0.15) is 31.8 Å². The third kappa shape index (κ3) is 6.03.